The van der Waals surface area contributed by atoms with E-state index in [0.717, 1.165) is 22.3 Å². The maximum absolute atomic E-state index is 6.53. The van der Waals surface area contributed by atoms with Crippen LogP contribution in [-0.4, -0.2) is 13.4 Å². The van der Waals surface area contributed by atoms with Crippen molar-refractivity contribution >= 4 is 137 Å². The van der Waals surface area contributed by atoms with Gasteiger partial charge in [0, 0.05) is 60.7 Å². The standard InChI is InChI=1S/C42H20B2O2S4/c1-5-13-27-21(9-1)37-29(45-27)18-35-39-41(37)49-33-20-34-26(17-25(33)43(39)23-11-3-7-15-31(23)47-35)44-24-12-4-8-16-32(24)48-36-19-30-38(42(50-34)40(36)44)22-10-2-6-14-28(22)46-30/h1-20H. The van der Waals surface area contributed by atoms with Gasteiger partial charge in [-0.3, -0.25) is 0 Å². The van der Waals surface area contributed by atoms with Crippen molar-refractivity contribution in [3.8, 4) is 0 Å². The molecule has 0 atom stereocenters. The average Bonchev–Trinajstić information content (AvgIpc) is 3.72. The van der Waals surface area contributed by atoms with E-state index in [0.29, 0.717) is 0 Å². The van der Waals surface area contributed by atoms with Gasteiger partial charge in [-0.25, -0.2) is 0 Å². The van der Waals surface area contributed by atoms with E-state index in [1.54, 1.807) is 0 Å². The first-order valence-corrected chi connectivity index (χ1v) is 20.1. The zero-order chi connectivity index (χ0) is 32.2. The Morgan fingerprint density at radius 1 is 0.360 bits per heavy atom. The highest BCUT2D eigenvalue weighted by Gasteiger charge is 2.44. The van der Waals surface area contributed by atoms with E-state index in [2.05, 4.69) is 121 Å². The first kappa shape index (κ1) is 27.4. The average molecular weight is 707 g/mol. The molecule has 0 aliphatic carbocycles. The van der Waals surface area contributed by atoms with Gasteiger partial charge in [-0.1, -0.05) is 148 Å². The Hall–Kier alpha value is -4.33. The van der Waals surface area contributed by atoms with E-state index in [4.69, 9.17) is 8.83 Å². The number of furan rings is 2. The van der Waals surface area contributed by atoms with Gasteiger partial charge in [-0.2, -0.15) is 0 Å². The van der Waals surface area contributed by atoms with Gasteiger partial charge in [-0.05, 0) is 53.4 Å². The largest absolute Gasteiger partial charge is 0.456 e. The van der Waals surface area contributed by atoms with Crippen molar-refractivity contribution < 1.29 is 8.83 Å². The molecule has 13 rings (SSSR count). The molecule has 0 saturated carbocycles. The molecule has 0 fully saturated rings. The van der Waals surface area contributed by atoms with Crippen LogP contribution in [0.2, 0.25) is 0 Å². The molecule has 7 aromatic carbocycles. The number of para-hydroxylation sites is 2. The van der Waals surface area contributed by atoms with Gasteiger partial charge in [0.15, 0.2) is 0 Å². The molecule has 8 heteroatoms. The second-order valence-electron chi connectivity index (χ2n) is 13.5. The lowest BCUT2D eigenvalue weighted by molar-refractivity contribution is 0.667. The summed E-state index contributed by atoms with van der Waals surface area (Å²) in [5.41, 5.74) is 12.3. The lowest BCUT2D eigenvalue weighted by atomic mass is 9.33. The van der Waals surface area contributed by atoms with Crippen molar-refractivity contribution in [3.63, 3.8) is 0 Å². The van der Waals surface area contributed by atoms with Crippen LogP contribution < -0.4 is 32.8 Å². The molecule has 2 aromatic heterocycles. The highest BCUT2D eigenvalue weighted by Crippen LogP contribution is 2.49. The van der Waals surface area contributed by atoms with Crippen LogP contribution in [-0.2, 0) is 0 Å². The second-order valence-corrected chi connectivity index (χ2v) is 17.7. The summed E-state index contributed by atoms with van der Waals surface area (Å²) in [6, 6.07) is 44.8. The Bertz CT molecular complexity index is 2830. The van der Waals surface area contributed by atoms with Crippen molar-refractivity contribution in [1.82, 2.24) is 0 Å². The summed E-state index contributed by atoms with van der Waals surface area (Å²) in [6.45, 7) is 0.299. The summed E-state index contributed by atoms with van der Waals surface area (Å²) in [7, 11) is 0. The van der Waals surface area contributed by atoms with E-state index in [9.17, 15) is 0 Å². The SMILES string of the molecule is c1ccc2c(c1)Sc1cc3oc4ccccc4c3c3c1B2c1cc2c(cc1S3)Sc1c3c(cc4oc5ccccc5c14)Sc1ccccc1B23. The molecule has 0 radical (unpaired) electrons. The third-order valence-corrected chi connectivity index (χ3v) is 15.6. The maximum Gasteiger partial charge on any atom is 0.247 e. The molecule has 0 bridgehead atoms. The van der Waals surface area contributed by atoms with Crippen LogP contribution in [0, 0.1) is 0 Å². The molecule has 50 heavy (non-hydrogen) atoms. The zero-order valence-electron chi connectivity index (χ0n) is 26.2. The monoisotopic (exact) mass is 706 g/mol. The predicted molar refractivity (Wildman–Crippen MR) is 213 cm³/mol. The van der Waals surface area contributed by atoms with Gasteiger partial charge in [0.2, 0.25) is 13.4 Å². The minimum atomic E-state index is 0.149. The lowest BCUT2D eigenvalue weighted by Gasteiger charge is -2.37. The molecule has 9 aromatic rings. The summed E-state index contributed by atoms with van der Waals surface area (Å²) >= 11 is 7.65. The van der Waals surface area contributed by atoms with Crippen LogP contribution in [0.15, 0.2) is 169 Å². The Kier molecular flexibility index (Phi) is 5.32. The fourth-order valence-corrected chi connectivity index (χ4v) is 14.1. The second kappa shape index (κ2) is 9.71. The molecule has 0 N–H and O–H groups in total. The third kappa shape index (κ3) is 3.46. The van der Waals surface area contributed by atoms with E-state index in [1.165, 1.54) is 93.5 Å². The van der Waals surface area contributed by atoms with Crippen LogP contribution in [0.25, 0.3) is 43.9 Å². The van der Waals surface area contributed by atoms with Crippen molar-refractivity contribution in [2.75, 3.05) is 0 Å². The molecular weight excluding hydrogens is 686 g/mol. The number of fused-ring (bicyclic) bond motifs is 16. The van der Waals surface area contributed by atoms with E-state index >= 15 is 0 Å². The van der Waals surface area contributed by atoms with Gasteiger partial charge in [0.1, 0.15) is 22.3 Å². The topological polar surface area (TPSA) is 26.3 Å². The minimum absolute atomic E-state index is 0.149. The van der Waals surface area contributed by atoms with E-state index < -0.39 is 0 Å². The maximum atomic E-state index is 6.53. The van der Waals surface area contributed by atoms with Gasteiger partial charge in [-0.15, -0.1) is 0 Å². The van der Waals surface area contributed by atoms with Gasteiger partial charge in [0.25, 0.3) is 0 Å². The lowest BCUT2D eigenvalue weighted by Crippen LogP contribution is -2.62. The van der Waals surface area contributed by atoms with Gasteiger partial charge >= 0.3 is 0 Å². The third-order valence-electron chi connectivity index (χ3n) is 10.9. The molecule has 2 nitrogen and oxygen atoms in total. The molecule has 0 amide bonds. The van der Waals surface area contributed by atoms with Crippen molar-refractivity contribution in [1.29, 1.82) is 0 Å². The number of rotatable bonds is 0. The molecule has 0 saturated heterocycles. The summed E-state index contributed by atoms with van der Waals surface area (Å²) in [5.74, 6) is 0. The summed E-state index contributed by atoms with van der Waals surface area (Å²) in [4.78, 5) is 10.6. The number of benzene rings is 7. The van der Waals surface area contributed by atoms with E-state index in [1.807, 2.05) is 47.0 Å². The van der Waals surface area contributed by atoms with Gasteiger partial charge in [0.05, 0.1) is 0 Å². The molecule has 4 aliphatic heterocycles. The predicted octanol–water partition coefficient (Wildman–Crippen LogP) is 8.38. The van der Waals surface area contributed by atoms with Gasteiger partial charge < -0.3 is 8.83 Å². The summed E-state index contributed by atoms with van der Waals surface area (Å²) < 4.78 is 13.1. The Morgan fingerprint density at radius 3 is 1.34 bits per heavy atom. The fraction of sp³-hybridized carbons (Fsp3) is 0. The van der Waals surface area contributed by atoms with Crippen LogP contribution in [0.3, 0.4) is 0 Å². The summed E-state index contributed by atoms with van der Waals surface area (Å²) in [6.07, 6.45) is 0. The molecular formula is C42H20B2O2S4. The van der Waals surface area contributed by atoms with Crippen molar-refractivity contribution in [2.45, 2.75) is 39.2 Å². The van der Waals surface area contributed by atoms with Crippen molar-refractivity contribution in [2.24, 2.45) is 0 Å². The highest BCUT2D eigenvalue weighted by atomic mass is 32.2. The highest BCUT2D eigenvalue weighted by molar-refractivity contribution is 8.02. The zero-order valence-corrected chi connectivity index (χ0v) is 29.4. The molecule has 0 spiro atoms. The van der Waals surface area contributed by atoms with Crippen LogP contribution >= 0.6 is 47.0 Å². The molecule has 4 aliphatic rings. The normalized spacial score (nSPS) is 14.8. The first-order chi connectivity index (χ1) is 24.8. The number of hydrogen-bond acceptors (Lipinski definition) is 6. The quantitative estimate of drug-likeness (QED) is 0.147. The fourth-order valence-electron chi connectivity index (χ4n) is 8.88. The minimum Gasteiger partial charge on any atom is -0.456 e. The van der Waals surface area contributed by atoms with Crippen molar-refractivity contribution in [3.05, 3.63) is 121 Å². The van der Waals surface area contributed by atoms with Crippen LogP contribution in [0.4, 0.5) is 0 Å². The summed E-state index contributed by atoms with van der Waals surface area (Å²) in [5, 5.41) is 4.87. The number of hydrogen-bond donors (Lipinski definition) is 0. The molecule has 6 heterocycles. The van der Waals surface area contributed by atoms with Crippen LogP contribution in [0.1, 0.15) is 0 Å². The first-order valence-electron chi connectivity index (χ1n) is 16.8. The Balaban J connectivity index is 1.12. The van der Waals surface area contributed by atoms with Crippen LogP contribution in [0.5, 0.6) is 0 Å². The molecule has 230 valence electrons. The van der Waals surface area contributed by atoms with E-state index in [-0.39, 0.29) is 13.4 Å². The Morgan fingerprint density at radius 2 is 0.820 bits per heavy atom. The smallest absolute Gasteiger partial charge is 0.247 e. The molecule has 0 unspecified atom stereocenters. The Labute approximate surface area is 304 Å².